The third-order valence-corrected chi connectivity index (χ3v) is 2.73. The van der Waals surface area contributed by atoms with Crippen molar-refractivity contribution in [2.24, 2.45) is 0 Å². The normalized spacial score (nSPS) is 10.5. The third kappa shape index (κ3) is 2.78. The van der Waals surface area contributed by atoms with Crippen molar-refractivity contribution in [3.05, 3.63) is 42.0 Å². The lowest BCUT2D eigenvalue weighted by Gasteiger charge is -2.10. The molecule has 0 atom stereocenters. The molecule has 0 saturated carbocycles. The molecule has 0 fully saturated rings. The monoisotopic (exact) mass is 231 g/mol. The fraction of sp³-hybridized carbons (Fsp3) is 0.308. The lowest BCUT2D eigenvalue weighted by atomic mass is 10.2. The Kier molecular flexibility index (Phi) is 3.32. The number of hydrogen-bond donors (Lipinski definition) is 1. The van der Waals surface area contributed by atoms with Gasteiger partial charge in [0.15, 0.2) is 0 Å². The van der Waals surface area contributed by atoms with Crippen LogP contribution in [0.5, 0.6) is 5.75 Å². The Bertz CT molecular complexity index is 505. The second kappa shape index (κ2) is 4.91. The number of nitrogens with two attached hydrogens (primary N) is 1. The van der Waals surface area contributed by atoms with Gasteiger partial charge in [0.2, 0.25) is 0 Å². The summed E-state index contributed by atoms with van der Waals surface area (Å²) in [6, 6.07) is 5.70. The molecule has 2 aromatic rings. The van der Waals surface area contributed by atoms with Gasteiger partial charge in [-0.15, -0.1) is 0 Å². The van der Waals surface area contributed by atoms with Crippen LogP contribution < -0.4 is 10.5 Å². The van der Waals surface area contributed by atoms with Crippen LogP contribution in [-0.2, 0) is 6.54 Å². The molecule has 0 aliphatic rings. The summed E-state index contributed by atoms with van der Waals surface area (Å²) in [5.74, 6) is 1.85. The number of aromatic nitrogens is 2. The highest BCUT2D eigenvalue weighted by Gasteiger charge is 2.01. The van der Waals surface area contributed by atoms with Crippen LogP contribution in [0.4, 0.5) is 5.69 Å². The van der Waals surface area contributed by atoms with Crippen molar-refractivity contribution < 1.29 is 4.74 Å². The largest absolute Gasteiger partial charge is 0.491 e. The van der Waals surface area contributed by atoms with Gasteiger partial charge in [0, 0.05) is 24.1 Å². The van der Waals surface area contributed by atoms with Crippen LogP contribution in [0.1, 0.15) is 11.4 Å². The average molecular weight is 231 g/mol. The van der Waals surface area contributed by atoms with E-state index in [1.807, 2.05) is 38.2 Å². The molecule has 0 aliphatic heterocycles. The predicted octanol–water partition coefficient (Wildman–Crippen LogP) is 2.16. The molecule has 0 amide bonds. The van der Waals surface area contributed by atoms with Crippen molar-refractivity contribution in [3.63, 3.8) is 0 Å². The molecule has 0 unspecified atom stereocenters. The number of hydrogen-bond acceptors (Lipinski definition) is 3. The van der Waals surface area contributed by atoms with Crippen LogP contribution in [0.15, 0.2) is 30.6 Å². The topological polar surface area (TPSA) is 53.1 Å². The van der Waals surface area contributed by atoms with Gasteiger partial charge in [-0.25, -0.2) is 4.98 Å². The number of benzene rings is 1. The molecule has 1 aromatic carbocycles. The number of aryl methyl sites for hydroxylation is 2. The van der Waals surface area contributed by atoms with Crippen molar-refractivity contribution in [2.75, 3.05) is 12.3 Å². The smallest absolute Gasteiger partial charge is 0.124 e. The van der Waals surface area contributed by atoms with Crippen molar-refractivity contribution in [3.8, 4) is 5.75 Å². The van der Waals surface area contributed by atoms with Crippen molar-refractivity contribution in [2.45, 2.75) is 20.4 Å². The Morgan fingerprint density at radius 1 is 1.35 bits per heavy atom. The van der Waals surface area contributed by atoms with Crippen LogP contribution in [0, 0.1) is 13.8 Å². The van der Waals surface area contributed by atoms with E-state index in [0.717, 1.165) is 29.4 Å². The quantitative estimate of drug-likeness (QED) is 0.820. The van der Waals surface area contributed by atoms with Gasteiger partial charge < -0.3 is 15.0 Å². The minimum absolute atomic E-state index is 0.613. The zero-order valence-electron chi connectivity index (χ0n) is 10.2. The Morgan fingerprint density at radius 3 is 2.88 bits per heavy atom. The van der Waals surface area contributed by atoms with Gasteiger partial charge in [-0.2, -0.15) is 0 Å². The maximum absolute atomic E-state index is 5.72. The zero-order valence-corrected chi connectivity index (χ0v) is 10.2. The summed E-state index contributed by atoms with van der Waals surface area (Å²) < 4.78 is 7.77. The summed E-state index contributed by atoms with van der Waals surface area (Å²) in [5.41, 5.74) is 7.55. The zero-order chi connectivity index (χ0) is 12.3. The molecular weight excluding hydrogens is 214 g/mol. The molecule has 90 valence electrons. The third-order valence-electron chi connectivity index (χ3n) is 2.73. The van der Waals surface area contributed by atoms with Gasteiger partial charge in [-0.3, -0.25) is 0 Å². The number of rotatable bonds is 4. The second-order valence-electron chi connectivity index (χ2n) is 4.04. The molecule has 0 spiro atoms. The minimum atomic E-state index is 0.613. The number of imidazole rings is 1. The molecule has 0 radical (unpaired) electrons. The Morgan fingerprint density at radius 2 is 2.18 bits per heavy atom. The summed E-state index contributed by atoms with van der Waals surface area (Å²) >= 11 is 0. The Labute approximate surface area is 101 Å². The number of nitrogen functional groups attached to an aromatic ring is 1. The first kappa shape index (κ1) is 11.5. The molecule has 17 heavy (non-hydrogen) atoms. The van der Waals surface area contributed by atoms with Gasteiger partial charge in [-0.1, -0.05) is 6.07 Å². The lowest BCUT2D eigenvalue weighted by molar-refractivity contribution is 0.295. The number of anilines is 1. The Hall–Kier alpha value is -1.97. The minimum Gasteiger partial charge on any atom is -0.491 e. The lowest BCUT2D eigenvalue weighted by Crippen LogP contribution is -2.09. The predicted molar refractivity (Wildman–Crippen MR) is 68.1 cm³/mol. The molecule has 0 bridgehead atoms. The van der Waals surface area contributed by atoms with E-state index in [-0.39, 0.29) is 0 Å². The van der Waals surface area contributed by atoms with E-state index in [1.165, 1.54) is 0 Å². The number of nitrogens with zero attached hydrogens (tertiary/aromatic N) is 2. The van der Waals surface area contributed by atoms with E-state index in [0.29, 0.717) is 6.61 Å². The molecule has 0 saturated heterocycles. The molecular formula is C13H17N3O. The Balaban J connectivity index is 1.94. The second-order valence-corrected chi connectivity index (χ2v) is 4.04. The van der Waals surface area contributed by atoms with Crippen LogP contribution in [0.3, 0.4) is 0 Å². The number of ether oxygens (including phenoxy) is 1. The first-order valence-electron chi connectivity index (χ1n) is 5.63. The van der Waals surface area contributed by atoms with Crippen LogP contribution in [0.25, 0.3) is 0 Å². The molecule has 1 aromatic heterocycles. The summed E-state index contributed by atoms with van der Waals surface area (Å²) in [6.07, 6.45) is 3.74. The fourth-order valence-corrected chi connectivity index (χ4v) is 1.67. The molecule has 2 N–H and O–H groups in total. The molecule has 2 rings (SSSR count). The van der Waals surface area contributed by atoms with Crippen LogP contribution in [-0.4, -0.2) is 16.2 Å². The first-order chi connectivity index (χ1) is 8.16. The highest BCUT2D eigenvalue weighted by atomic mass is 16.5. The summed E-state index contributed by atoms with van der Waals surface area (Å²) in [6.45, 7) is 5.39. The standard InChI is InChI=1S/C13H17N3O/c1-10-3-4-12(14)9-13(10)17-8-7-16-6-5-15-11(16)2/h3-6,9H,7-8,14H2,1-2H3. The van der Waals surface area contributed by atoms with E-state index in [2.05, 4.69) is 9.55 Å². The molecule has 0 aliphatic carbocycles. The SMILES string of the molecule is Cc1ccc(N)cc1OCCn1ccnc1C. The van der Waals surface area contributed by atoms with E-state index < -0.39 is 0 Å². The van der Waals surface area contributed by atoms with Gasteiger partial charge in [-0.05, 0) is 25.5 Å². The van der Waals surface area contributed by atoms with Crippen LogP contribution >= 0.6 is 0 Å². The van der Waals surface area contributed by atoms with Crippen molar-refractivity contribution in [1.82, 2.24) is 9.55 Å². The highest BCUT2D eigenvalue weighted by Crippen LogP contribution is 2.20. The van der Waals surface area contributed by atoms with E-state index in [1.54, 1.807) is 6.20 Å². The summed E-state index contributed by atoms with van der Waals surface area (Å²) in [4.78, 5) is 4.16. The van der Waals surface area contributed by atoms with Crippen LogP contribution in [0.2, 0.25) is 0 Å². The maximum Gasteiger partial charge on any atom is 0.124 e. The maximum atomic E-state index is 5.72. The van der Waals surface area contributed by atoms with Gasteiger partial charge >= 0.3 is 0 Å². The van der Waals surface area contributed by atoms with Gasteiger partial charge in [0.25, 0.3) is 0 Å². The van der Waals surface area contributed by atoms with Crippen molar-refractivity contribution in [1.29, 1.82) is 0 Å². The van der Waals surface area contributed by atoms with E-state index in [4.69, 9.17) is 10.5 Å². The fourth-order valence-electron chi connectivity index (χ4n) is 1.67. The van der Waals surface area contributed by atoms with E-state index in [9.17, 15) is 0 Å². The molecule has 4 nitrogen and oxygen atoms in total. The van der Waals surface area contributed by atoms with Gasteiger partial charge in [0.05, 0.1) is 6.54 Å². The molecule has 1 heterocycles. The van der Waals surface area contributed by atoms with E-state index >= 15 is 0 Å². The molecule has 4 heteroatoms. The van der Waals surface area contributed by atoms with Crippen molar-refractivity contribution >= 4 is 5.69 Å². The summed E-state index contributed by atoms with van der Waals surface area (Å²) in [7, 11) is 0. The average Bonchev–Trinajstić information content (AvgIpc) is 2.70. The highest BCUT2D eigenvalue weighted by molar-refractivity contribution is 5.47. The first-order valence-corrected chi connectivity index (χ1v) is 5.63. The van der Waals surface area contributed by atoms with Gasteiger partial charge in [0.1, 0.15) is 18.2 Å². The summed E-state index contributed by atoms with van der Waals surface area (Å²) in [5, 5.41) is 0.